The van der Waals surface area contributed by atoms with Crippen LogP contribution >= 0.6 is 0 Å². The lowest BCUT2D eigenvalue weighted by molar-refractivity contribution is 0.0951. The van der Waals surface area contributed by atoms with Gasteiger partial charge in [-0.05, 0) is 43.7 Å². The Balaban J connectivity index is 2.06. The summed E-state index contributed by atoms with van der Waals surface area (Å²) in [5.74, 6) is 0.512. The average molecular weight is 391 g/mol. The fourth-order valence-electron chi connectivity index (χ4n) is 2.45. The van der Waals surface area contributed by atoms with Crippen LogP contribution in [0.15, 0.2) is 47.5 Å². The van der Waals surface area contributed by atoms with Crippen molar-refractivity contribution in [1.29, 1.82) is 0 Å². The summed E-state index contributed by atoms with van der Waals surface area (Å²) in [7, 11) is 0.198. The molecule has 7 nitrogen and oxygen atoms in total. The fraction of sp³-hybridized carbons (Fsp3) is 0.368. The van der Waals surface area contributed by atoms with E-state index in [1.807, 2.05) is 38.1 Å². The zero-order chi connectivity index (χ0) is 20.0. The second-order valence-electron chi connectivity index (χ2n) is 6.52. The zero-order valence-corrected chi connectivity index (χ0v) is 16.9. The molecular weight excluding hydrogens is 364 g/mol. The van der Waals surface area contributed by atoms with E-state index in [2.05, 4.69) is 15.0 Å². The van der Waals surface area contributed by atoms with Crippen LogP contribution in [0.5, 0.6) is 0 Å². The lowest BCUT2D eigenvalue weighted by atomic mass is 10.2. The normalized spacial score (nSPS) is 12.4. The number of aromatic nitrogens is 1. The van der Waals surface area contributed by atoms with E-state index >= 15 is 0 Å². The van der Waals surface area contributed by atoms with E-state index in [0.717, 1.165) is 11.4 Å². The highest BCUT2D eigenvalue weighted by molar-refractivity contribution is 7.89. The molecule has 0 aliphatic rings. The topological polar surface area (TPSA) is 91.4 Å². The number of pyridine rings is 1. The third-order valence-corrected chi connectivity index (χ3v) is 5.73. The SMILES string of the molecule is CCC(C)NS(=O)(=O)c1ccc(C(=O)NCc2cccnc2N(C)C)cc1. The van der Waals surface area contributed by atoms with Crippen LogP contribution in [0, 0.1) is 0 Å². The Kier molecular flexibility index (Phi) is 6.92. The molecular formula is C19H26N4O3S. The van der Waals surface area contributed by atoms with Crippen molar-refractivity contribution in [2.75, 3.05) is 19.0 Å². The zero-order valence-electron chi connectivity index (χ0n) is 16.1. The summed E-state index contributed by atoms with van der Waals surface area (Å²) < 4.78 is 27.1. The highest BCUT2D eigenvalue weighted by atomic mass is 32.2. The third-order valence-electron chi connectivity index (χ3n) is 4.13. The molecule has 0 saturated heterocycles. The lowest BCUT2D eigenvalue weighted by Gasteiger charge is -2.16. The predicted octanol–water partition coefficient (Wildman–Crippen LogP) is 2.15. The minimum Gasteiger partial charge on any atom is -0.362 e. The first-order valence-corrected chi connectivity index (χ1v) is 10.2. The summed E-state index contributed by atoms with van der Waals surface area (Å²) in [6.45, 7) is 4.04. The van der Waals surface area contributed by atoms with Crippen molar-refractivity contribution in [1.82, 2.24) is 15.0 Å². The molecule has 0 bridgehead atoms. The smallest absolute Gasteiger partial charge is 0.251 e. The molecule has 1 heterocycles. The van der Waals surface area contributed by atoms with Crippen molar-refractivity contribution in [2.45, 2.75) is 37.8 Å². The van der Waals surface area contributed by atoms with Crippen LogP contribution in [-0.2, 0) is 16.6 Å². The van der Waals surface area contributed by atoms with Crippen molar-refractivity contribution < 1.29 is 13.2 Å². The number of sulfonamides is 1. The molecule has 146 valence electrons. The first kappa shape index (κ1) is 20.9. The number of nitrogens with one attached hydrogen (secondary N) is 2. The summed E-state index contributed by atoms with van der Waals surface area (Å²) >= 11 is 0. The number of nitrogens with zero attached hydrogens (tertiary/aromatic N) is 2. The van der Waals surface area contributed by atoms with Crippen LogP contribution in [0.1, 0.15) is 36.2 Å². The van der Waals surface area contributed by atoms with Crippen LogP contribution in [0.25, 0.3) is 0 Å². The molecule has 1 atom stereocenters. The van der Waals surface area contributed by atoms with E-state index in [9.17, 15) is 13.2 Å². The highest BCUT2D eigenvalue weighted by Gasteiger charge is 2.17. The van der Waals surface area contributed by atoms with E-state index in [0.29, 0.717) is 18.5 Å². The lowest BCUT2D eigenvalue weighted by Crippen LogP contribution is -2.32. The van der Waals surface area contributed by atoms with Crippen LogP contribution in [-0.4, -0.2) is 39.4 Å². The largest absolute Gasteiger partial charge is 0.362 e. The number of hydrogen-bond donors (Lipinski definition) is 2. The summed E-state index contributed by atoms with van der Waals surface area (Å²) in [5.41, 5.74) is 1.29. The summed E-state index contributed by atoms with van der Waals surface area (Å²) in [4.78, 5) is 18.7. The van der Waals surface area contributed by atoms with Crippen LogP contribution in [0.2, 0.25) is 0 Å². The molecule has 2 aromatic rings. The number of carbonyl (C=O) groups excluding carboxylic acids is 1. The molecule has 27 heavy (non-hydrogen) atoms. The van der Waals surface area contributed by atoms with E-state index in [1.165, 1.54) is 24.3 Å². The van der Waals surface area contributed by atoms with Gasteiger partial charge in [-0.1, -0.05) is 13.0 Å². The Morgan fingerprint density at radius 2 is 1.85 bits per heavy atom. The first-order valence-electron chi connectivity index (χ1n) is 8.76. The molecule has 0 fully saturated rings. The van der Waals surface area contributed by atoms with Crippen molar-refractivity contribution in [2.24, 2.45) is 0 Å². The molecule has 1 aromatic carbocycles. The van der Waals surface area contributed by atoms with Gasteiger partial charge in [0, 0.05) is 44.0 Å². The van der Waals surface area contributed by atoms with Gasteiger partial charge in [-0.25, -0.2) is 18.1 Å². The Labute approximate surface area is 160 Å². The molecule has 2 rings (SSSR count). The molecule has 0 spiro atoms. The number of benzene rings is 1. The highest BCUT2D eigenvalue weighted by Crippen LogP contribution is 2.15. The van der Waals surface area contributed by atoms with Crippen molar-refractivity contribution >= 4 is 21.7 Å². The standard InChI is InChI=1S/C19H26N4O3S/c1-5-14(2)22-27(25,26)17-10-8-15(9-11-17)19(24)21-13-16-7-6-12-20-18(16)23(3)4/h6-12,14,22H,5,13H2,1-4H3,(H,21,24). The van der Waals surface area contributed by atoms with E-state index < -0.39 is 10.0 Å². The Morgan fingerprint density at radius 3 is 2.44 bits per heavy atom. The number of rotatable bonds is 8. The molecule has 0 aliphatic heterocycles. The molecule has 8 heteroatoms. The third kappa shape index (κ3) is 5.51. The van der Waals surface area contributed by atoms with Crippen LogP contribution < -0.4 is 14.9 Å². The monoisotopic (exact) mass is 390 g/mol. The van der Waals surface area contributed by atoms with Gasteiger partial charge in [-0.15, -0.1) is 0 Å². The Hall–Kier alpha value is -2.45. The average Bonchev–Trinajstić information content (AvgIpc) is 2.65. The first-order chi connectivity index (χ1) is 12.7. The summed E-state index contributed by atoms with van der Waals surface area (Å²) in [6.07, 6.45) is 2.40. The van der Waals surface area contributed by atoms with Gasteiger partial charge >= 0.3 is 0 Å². The second kappa shape index (κ2) is 8.96. The fourth-order valence-corrected chi connectivity index (χ4v) is 3.78. The van der Waals surface area contributed by atoms with Gasteiger partial charge in [0.05, 0.1) is 4.90 Å². The molecule has 0 saturated carbocycles. The molecule has 0 radical (unpaired) electrons. The number of anilines is 1. The number of hydrogen-bond acceptors (Lipinski definition) is 5. The minimum absolute atomic E-state index is 0.140. The summed E-state index contributed by atoms with van der Waals surface area (Å²) in [5, 5.41) is 2.84. The number of amides is 1. The second-order valence-corrected chi connectivity index (χ2v) is 8.23. The van der Waals surface area contributed by atoms with E-state index in [-0.39, 0.29) is 16.8 Å². The minimum atomic E-state index is -3.58. The van der Waals surface area contributed by atoms with Gasteiger partial charge in [-0.3, -0.25) is 4.79 Å². The maximum atomic E-state index is 12.4. The Bertz CT molecular complexity index is 880. The van der Waals surface area contributed by atoms with Gasteiger partial charge in [0.2, 0.25) is 10.0 Å². The molecule has 2 N–H and O–H groups in total. The van der Waals surface area contributed by atoms with Crippen LogP contribution in [0.4, 0.5) is 5.82 Å². The molecule has 1 aromatic heterocycles. The van der Waals surface area contributed by atoms with Crippen molar-refractivity contribution in [3.63, 3.8) is 0 Å². The van der Waals surface area contributed by atoms with Gasteiger partial charge < -0.3 is 10.2 Å². The summed E-state index contributed by atoms with van der Waals surface area (Å²) in [6, 6.07) is 9.47. The van der Waals surface area contributed by atoms with E-state index in [1.54, 1.807) is 13.1 Å². The Morgan fingerprint density at radius 1 is 1.19 bits per heavy atom. The van der Waals surface area contributed by atoms with Gasteiger partial charge in [0.1, 0.15) is 5.82 Å². The van der Waals surface area contributed by atoms with Gasteiger partial charge in [0.15, 0.2) is 0 Å². The molecule has 1 unspecified atom stereocenters. The van der Waals surface area contributed by atoms with E-state index in [4.69, 9.17) is 0 Å². The quantitative estimate of drug-likeness (QED) is 0.721. The van der Waals surface area contributed by atoms with Crippen LogP contribution in [0.3, 0.4) is 0 Å². The molecule has 0 aliphatic carbocycles. The van der Waals surface area contributed by atoms with Gasteiger partial charge in [0.25, 0.3) is 5.91 Å². The maximum absolute atomic E-state index is 12.4. The maximum Gasteiger partial charge on any atom is 0.251 e. The predicted molar refractivity (Wildman–Crippen MR) is 106 cm³/mol. The van der Waals surface area contributed by atoms with Gasteiger partial charge in [-0.2, -0.15) is 0 Å². The van der Waals surface area contributed by atoms with Crippen molar-refractivity contribution in [3.8, 4) is 0 Å². The number of carbonyl (C=O) groups is 1. The van der Waals surface area contributed by atoms with Crippen molar-refractivity contribution in [3.05, 3.63) is 53.7 Å². The molecule has 1 amide bonds.